The highest BCUT2D eigenvalue weighted by molar-refractivity contribution is 7.99. The number of hydrogen-bond acceptors (Lipinski definition) is 6. The molecule has 2 N–H and O–H groups in total. The summed E-state index contributed by atoms with van der Waals surface area (Å²) in [6.07, 6.45) is 1.83. The summed E-state index contributed by atoms with van der Waals surface area (Å²) in [6, 6.07) is 11.3. The molecule has 0 saturated carbocycles. The largest absolute Gasteiger partial charge is 0.495 e. The van der Waals surface area contributed by atoms with Gasteiger partial charge < -0.3 is 19.5 Å². The van der Waals surface area contributed by atoms with Crippen LogP contribution in [0.5, 0.6) is 5.75 Å². The molecule has 0 aliphatic carbocycles. The molecule has 0 aliphatic heterocycles. The van der Waals surface area contributed by atoms with E-state index in [1.165, 1.54) is 7.11 Å². The number of methoxy groups -OCH3 is 1. The monoisotopic (exact) mass is 428 g/mol. The fourth-order valence-corrected chi connectivity index (χ4v) is 3.59. The van der Waals surface area contributed by atoms with Gasteiger partial charge in [0.15, 0.2) is 0 Å². The molecule has 0 aliphatic rings. The zero-order valence-corrected chi connectivity index (χ0v) is 17.2. The fourth-order valence-electron chi connectivity index (χ4n) is 2.87. The highest BCUT2D eigenvalue weighted by atomic mass is 35.5. The molecule has 0 spiro atoms. The van der Waals surface area contributed by atoms with Crippen molar-refractivity contribution in [2.75, 3.05) is 18.2 Å². The maximum absolute atomic E-state index is 12.3. The molecule has 0 bridgehead atoms. The van der Waals surface area contributed by atoms with Gasteiger partial charge in [-0.2, -0.15) is 0 Å². The third-order valence-corrected chi connectivity index (χ3v) is 5.53. The number of fused-ring (bicyclic) bond motifs is 1. The van der Waals surface area contributed by atoms with E-state index in [4.69, 9.17) is 20.8 Å². The van der Waals surface area contributed by atoms with Crippen LogP contribution in [-0.2, 0) is 4.79 Å². The number of amides is 1. The third-order valence-electron chi connectivity index (χ3n) is 4.31. The number of H-pyrrole nitrogens is 1. The fraction of sp³-hybridized carbons (Fsp3) is 0.150. The number of benzene rings is 2. The third kappa shape index (κ3) is 4.08. The van der Waals surface area contributed by atoms with Gasteiger partial charge in [-0.05, 0) is 24.6 Å². The lowest BCUT2D eigenvalue weighted by molar-refractivity contribution is -0.113. The first-order valence-corrected chi connectivity index (χ1v) is 10.1. The number of aromatic nitrogens is 3. The summed E-state index contributed by atoms with van der Waals surface area (Å²) in [5.41, 5.74) is 3.22. The lowest BCUT2D eigenvalue weighted by Crippen LogP contribution is -2.15. The highest BCUT2D eigenvalue weighted by Gasteiger charge is 2.15. The van der Waals surface area contributed by atoms with Crippen molar-refractivity contribution in [1.29, 1.82) is 0 Å². The lowest BCUT2D eigenvalue weighted by atomic mass is 10.2. The Morgan fingerprint density at radius 2 is 2.14 bits per heavy atom. The zero-order valence-electron chi connectivity index (χ0n) is 15.7. The van der Waals surface area contributed by atoms with Gasteiger partial charge in [-0.15, -0.1) is 10.2 Å². The van der Waals surface area contributed by atoms with E-state index in [2.05, 4.69) is 20.5 Å². The summed E-state index contributed by atoms with van der Waals surface area (Å²) >= 11 is 7.26. The molecule has 0 saturated heterocycles. The predicted molar refractivity (Wildman–Crippen MR) is 114 cm³/mol. The van der Waals surface area contributed by atoms with Crippen LogP contribution in [-0.4, -0.2) is 34.0 Å². The smallest absolute Gasteiger partial charge is 0.277 e. The van der Waals surface area contributed by atoms with Gasteiger partial charge in [0.2, 0.25) is 5.91 Å². The summed E-state index contributed by atoms with van der Waals surface area (Å²) in [5.74, 6) is 0.793. The number of carbonyl (C=O) groups excluding carboxylic acids is 1. The van der Waals surface area contributed by atoms with Crippen LogP contribution < -0.4 is 10.1 Å². The number of carbonyl (C=O) groups is 1. The van der Waals surface area contributed by atoms with Gasteiger partial charge >= 0.3 is 0 Å². The van der Waals surface area contributed by atoms with Crippen LogP contribution in [0.4, 0.5) is 5.69 Å². The first-order valence-electron chi connectivity index (χ1n) is 8.72. The summed E-state index contributed by atoms with van der Waals surface area (Å²) in [6.45, 7) is 1.86. The number of nitrogens with one attached hydrogen (secondary N) is 2. The molecule has 4 rings (SSSR count). The summed E-state index contributed by atoms with van der Waals surface area (Å²) < 4.78 is 11.0. The Balaban J connectivity index is 1.43. The van der Waals surface area contributed by atoms with Crippen molar-refractivity contribution in [3.8, 4) is 17.2 Å². The van der Waals surface area contributed by atoms with Crippen molar-refractivity contribution in [3.63, 3.8) is 0 Å². The lowest BCUT2D eigenvalue weighted by Gasteiger charge is -2.11. The maximum Gasteiger partial charge on any atom is 0.277 e. The molecular weight excluding hydrogens is 412 g/mol. The highest BCUT2D eigenvalue weighted by Crippen LogP contribution is 2.32. The minimum atomic E-state index is -0.220. The topological polar surface area (TPSA) is 93.0 Å². The van der Waals surface area contributed by atoms with E-state index in [1.807, 2.05) is 37.4 Å². The predicted octanol–water partition coefficient (Wildman–Crippen LogP) is 4.92. The molecule has 148 valence electrons. The van der Waals surface area contributed by atoms with Gasteiger partial charge in [-0.1, -0.05) is 41.6 Å². The molecule has 29 heavy (non-hydrogen) atoms. The maximum atomic E-state index is 12.3. The molecule has 1 amide bonds. The summed E-state index contributed by atoms with van der Waals surface area (Å²) in [4.78, 5) is 15.5. The molecular formula is C20H17ClN4O3S. The SMILES string of the molecule is COc1cc(Cl)c(C)cc1NC(=O)CSc1nnc(-c2c[nH]c3ccccc23)o1. The quantitative estimate of drug-likeness (QED) is 0.423. The van der Waals surface area contributed by atoms with Gasteiger partial charge in [0.1, 0.15) is 5.75 Å². The van der Waals surface area contributed by atoms with Crippen molar-refractivity contribution in [2.24, 2.45) is 0 Å². The number of halogens is 1. The molecule has 0 fully saturated rings. The first kappa shape index (κ1) is 19.4. The van der Waals surface area contributed by atoms with Crippen LogP contribution in [0.3, 0.4) is 0 Å². The van der Waals surface area contributed by atoms with E-state index in [9.17, 15) is 4.79 Å². The van der Waals surface area contributed by atoms with Gasteiger partial charge in [0, 0.05) is 28.2 Å². The Bertz CT molecular complexity index is 1190. The van der Waals surface area contributed by atoms with Crippen LogP contribution in [0.1, 0.15) is 5.56 Å². The number of thioether (sulfide) groups is 1. The van der Waals surface area contributed by atoms with Crippen molar-refractivity contribution < 1.29 is 13.9 Å². The van der Waals surface area contributed by atoms with Crippen LogP contribution in [0, 0.1) is 6.92 Å². The minimum Gasteiger partial charge on any atom is -0.495 e. The van der Waals surface area contributed by atoms with E-state index in [-0.39, 0.29) is 11.7 Å². The van der Waals surface area contributed by atoms with E-state index in [0.717, 1.165) is 33.8 Å². The van der Waals surface area contributed by atoms with Gasteiger partial charge in [0.05, 0.1) is 24.1 Å². The van der Waals surface area contributed by atoms with Crippen molar-refractivity contribution >= 4 is 45.9 Å². The molecule has 0 unspecified atom stereocenters. The number of rotatable bonds is 6. The Morgan fingerprint density at radius 1 is 1.31 bits per heavy atom. The van der Waals surface area contributed by atoms with Gasteiger partial charge in [0.25, 0.3) is 11.1 Å². The molecule has 2 aromatic heterocycles. The minimum absolute atomic E-state index is 0.111. The summed E-state index contributed by atoms with van der Waals surface area (Å²) in [7, 11) is 1.52. The molecule has 0 radical (unpaired) electrons. The van der Waals surface area contributed by atoms with Crippen molar-refractivity contribution in [2.45, 2.75) is 12.1 Å². The molecule has 0 atom stereocenters. The van der Waals surface area contributed by atoms with E-state index >= 15 is 0 Å². The number of para-hydroxylation sites is 1. The second kappa shape index (κ2) is 8.18. The van der Waals surface area contributed by atoms with E-state index < -0.39 is 0 Å². The Morgan fingerprint density at radius 3 is 2.97 bits per heavy atom. The normalized spacial score (nSPS) is 11.0. The standard InChI is InChI=1S/C20H17ClN4O3S/c1-11-7-16(17(27-2)8-14(11)21)23-18(26)10-29-20-25-24-19(28-20)13-9-22-15-6-4-3-5-12(13)15/h3-9,22H,10H2,1-2H3,(H,23,26). The first-order chi connectivity index (χ1) is 14.0. The Hall–Kier alpha value is -2.97. The second-order valence-electron chi connectivity index (χ2n) is 6.26. The molecule has 2 heterocycles. The molecule has 4 aromatic rings. The zero-order chi connectivity index (χ0) is 20.4. The van der Waals surface area contributed by atoms with Crippen LogP contribution in [0.15, 0.2) is 52.2 Å². The van der Waals surface area contributed by atoms with E-state index in [0.29, 0.717) is 27.6 Å². The van der Waals surface area contributed by atoms with Crippen molar-refractivity contribution in [1.82, 2.24) is 15.2 Å². The summed E-state index contributed by atoms with van der Waals surface area (Å²) in [5, 5.41) is 12.8. The Labute approximate surface area is 175 Å². The Kier molecular flexibility index (Phi) is 5.46. The van der Waals surface area contributed by atoms with Gasteiger partial charge in [-0.3, -0.25) is 4.79 Å². The number of hydrogen-bond donors (Lipinski definition) is 2. The molecule has 2 aromatic carbocycles. The number of nitrogens with zero attached hydrogens (tertiary/aromatic N) is 2. The van der Waals surface area contributed by atoms with E-state index in [1.54, 1.807) is 12.1 Å². The number of aromatic amines is 1. The van der Waals surface area contributed by atoms with Crippen LogP contribution in [0.25, 0.3) is 22.4 Å². The second-order valence-corrected chi connectivity index (χ2v) is 7.59. The van der Waals surface area contributed by atoms with Gasteiger partial charge in [-0.25, -0.2) is 0 Å². The number of anilines is 1. The van der Waals surface area contributed by atoms with Crippen LogP contribution in [0.2, 0.25) is 5.02 Å². The molecule has 7 nitrogen and oxygen atoms in total. The average Bonchev–Trinajstić information content (AvgIpc) is 3.35. The number of ether oxygens (including phenoxy) is 1. The van der Waals surface area contributed by atoms with Crippen molar-refractivity contribution in [3.05, 3.63) is 53.2 Å². The average molecular weight is 429 g/mol. The van der Waals surface area contributed by atoms with Crippen LogP contribution >= 0.6 is 23.4 Å². The molecule has 9 heteroatoms. The number of aryl methyl sites for hydroxylation is 1.